The van der Waals surface area contributed by atoms with Gasteiger partial charge >= 0.3 is 6.09 Å². The SMILES string of the molecule is O=C1OC2Cc3c(Br)cccc3[C@@H]2N1CCOCc1ccccc1. The third-order valence-electron chi connectivity index (χ3n) is 4.64. The lowest BCUT2D eigenvalue weighted by Gasteiger charge is -2.21. The van der Waals surface area contributed by atoms with Crippen molar-refractivity contribution in [2.24, 2.45) is 0 Å². The predicted molar refractivity (Wildman–Crippen MR) is 93.7 cm³/mol. The summed E-state index contributed by atoms with van der Waals surface area (Å²) in [5.74, 6) is 0. The summed E-state index contributed by atoms with van der Waals surface area (Å²) >= 11 is 3.60. The minimum atomic E-state index is -0.237. The van der Waals surface area contributed by atoms with Crippen LogP contribution in [-0.4, -0.2) is 30.2 Å². The third kappa shape index (κ3) is 2.82. The van der Waals surface area contributed by atoms with E-state index in [1.807, 2.05) is 42.5 Å². The van der Waals surface area contributed by atoms with Gasteiger partial charge in [-0.1, -0.05) is 58.4 Å². The molecule has 0 radical (unpaired) electrons. The van der Waals surface area contributed by atoms with Crippen LogP contribution in [-0.2, 0) is 22.5 Å². The first-order valence-corrected chi connectivity index (χ1v) is 8.89. The van der Waals surface area contributed by atoms with Crippen molar-refractivity contribution in [3.63, 3.8) is 0 Å². The highest BCUT2D eigenvalue weighted by atomic mass is 79.9. The Labute approximate surface area is 149 Å². The van der Waals surface area contributed by atoms with E-state index in [2.05, 4.69) is 22.0 Å². The molecular formula is C19H18BrNO3. The number of carbonyl (C=O) groups is 1. The Kier molecular flexibility index (Phi) is 4.29. The van der Waals surface area contributed by atoms with Gasteiger partial charge in [-0.3, -0.25) is 4.90 Å². The lowest BCUT2D eigenvalue weighted by molar-refractivity contribution is 0.0933. The van der Waals surface area contributed by atoms with Gasteiger partial charge in [-0.15, -0.1) is 0 Å². The van der Waals surface area contributed by atoms with Crippen LogP contribution in [0.1, 0.15) is 22.7 Å². The number of carbonyl (C=O) groups excluding carboxylic acids is 1. The van der Waals surface area contributed by atoms with E-state index in [9.17, 15) is 4.79 Å². The molecule has 0 saturated carbocycles. The van der Waals surface area contributed by atoms with Crippen LogP contribution in [0, 0.1) is 0 Å². The average Bonchev–Trinajstić information content (AvgIpc) is 3.09. The second-order valence-electron chi connectivity index (χ2n) is 6.11. The lowest BCUT2D eigenvalue weighted by atomic mass is 10.1. The maximum atomic E-state index is 12.2. The van der Waals surface area contributed by atoms with Gasteiger partial charge in [0.25, 0.3) is 0 Å². The zero-order valence-corrected chi connectivity index (χ0v) is 14.7. The Morgan fingerprint density at radius 2 is 2.00 bits per heavy atom. The van der Waals surface area contributed by atoms with Crippen molar-refractivity contribution in [1.82, 2.24) is 4.90 Å². The molecule has 2 aromatic rings. The van der Waals surface area contributed by atoms with Gasteiger partial charge in [0.05, 0.1) is 19.3 Å². The number of fused-ring (bicyclic) bond motifs is 3. The van der Waals surface area contributed by atoms with Crippen molar-refractivity contribution in [3.05, 3.63) is 69.7 Å². The fourth-order valence-electron chi connectivity index (χ4n) is 3.52. The second kappa shape index (κ2) is 6.57. The second-order valence-corrected chi connectivity index (χ2v) is 6.96. The summed E-state index contributed by atoms with van der Waals surface area (Å²) in [5.41, 5.74) is 3.56. The standard InChI is InChI=1S/C19H18BrNO3/c20-16-8-4-7-14-15(16)11-17-18(14)21(19(22)24-17)9-10-23-12-13-5-2-1-3-6-13/h1-8,17-18H,9-12H2/t17?,18-/m0/s1. The molecule has 4 rings (SSSR count). The van der Waals surface area contributed by atoms with Gasteiger partial charge in [0.1, 0.15) is 6.10 Å². The van der Waals surface area contributed by atoms with E-state index in [1.165, 1.54) is 11.1 Å². The number of nitrogens with zero attached hydrogens (tertiary/aromatic N) is 1. The minimum absolute atomic E-state index is 0.00493. The number of amides is 1. The van der Waals surface area contributed by atoms with E-state index in [-0.39, 0.29) is 18.2 Å². The molecule has 2 aromatic carbocycles. The molecule has 5 heteroatoms. The van der Waals surface area contributed by atoms with Crippen molar-refractivity contribution in [2.75, 3.05) is 13.2 Å². The maximum Gasteiger partial charge on any atom is 0.410 e. The average molecular weight is 388 g/mol. The van der Waals surface area contributed by atoms with Gasteiger partial charge in [0, 0.05) is 17.4 Å². The molecule has 1 aliphatic carbocycles. The summed E-state index contributed by atoms with van der Waals surface area (Å²) < 4.78 is 12.4. The molecule has 1 aliphatic heterocycles. The Hall–Kier alpha value is -1.85. The van der Waals surface area contributed by atoms with Gasteiger partial charge in [-0.25, -0.2) is 4.79 Å². The molecule has 1 amide bonds. The van der Waals surface area contributed by atoms with Crippen LogP contribution in [0.3, 0.4) is 0 Å². The first-order valence-electron chi connectivity index (χ1n) is 8.10. The highest BCUT2D eigenvalue weighted by molar-refractivity contribution is 9.10. The summed E-state index contributed by atoms with van der Waals surface area (Å²) in [7, 11) is 0. The maximum absolute atomic E-state index is 12.2. The summed E-state index contributed by atoms with van der Waals surface area (Å²) in [4.78, 5) is 14.0. The normalized spacial score (nSPS) is 21.5. The molecule has 124 valence electrons. The molecule has 1 saturated heterocycles. The highest BCUT2D eigenvalue weighted by Crippen LogP contribution is 2.44. The van der Waals surface area contributed by atoms with Crippen molar-refractivity contribution in [3.8, 4) is 0 Å². The van der Waals surface area contributed by atoms with Gasteiger partial charge in [0.15, 0.2) is 0 Å². The van der Waals surface area contributed by atoms with Crippen LogP contribution >= 0.6 is 15.9 Å². The number of benzene rings is 2. The quantitative estimate of drug-likeness (QED) is 0.725. The Morgan fingerprint density at radius 1 is 1.17 bits per heavy atom. The predicted octanol–water partition coefficient (Wildman–Crippen LogP) is 4.08. The zero-order chi connectivity index (χ0) is 16.5. The van der Waals surface area contributed by atoms with Crippen molar-refractivity contribution in [1.29, 1.82) is 0 Å². The van der Waals surface area contributed by atoms with Crippen LogP contribution in [0.4, 0.5) is 4.79 Å². The first kappa shape index (κ1) is 15.7. The van der Waals surface area contributed by atoms with E-state index in [0.29, 0.717) is 19.8 Å². The van der Waals surface area contributed by atoms with E-state index in [0.717, 1.165) is 16.5 Å². The Morgan fingerprint density at radius 3 is 2.83 bits per heavy atom. The largest absolute Gasteiger partial charge is 0.443 e. The molecule has 0 bridgehead atoms. The summed E-state index contributed by atoms with van der Waals surface area (Å²) in [5, 5.41) is 0. The van der Waals surface area contributed by atoms with Gasteiger partial charge in [-0.05, 0) is 22.8 Å². The molecule has 0 spiro atoms. The summed E-state index contributed by atoms with van der Waals surface area (Å²) in [6, 6.07) is 16.2. The van der Waals surface area contributed by atoms with Gasteiger partial charge in [0.2, 0.25) is 0 Å². The van der Waals surface area contributed by atoms with E-state index in [1.54, 1.807) is 4.90 Å². The monoisotopic (exact) mass is 387 g/mol. The minimum Gasteiger partial charge on any atom is -0.443 e. The molecule has 0 N–H and O–H groups in total. The number of hydrogen-bond acceptors (Lipinski definition) is 3. The smallest absolute Gasteiger partial charge is 0.410 e. The number of rotatable bonds is 5. The van der Waals surface area contributed by atoms with E-state index >= 15 is 0 Å². The fraction of sp³-hybridized carbons (Fsp3) is 0.316. The molecule has 1 heterocycles. The summed E-state index contributed by atoms with van der Waals surface area (Å²) in [6.07, 6.45) is 0.452. The van der Waals surface area contributed by atoms with Crippen LogP contribution in [0.15, 0.2) is 53.0 Å². The van der Waals surface area contributed by atoms with Gasteiger partial charge in [-0.2, -0.15) is 0 Å². The molecular weight excluding hydrogens is 370 g/mol. The molecule has 2 atom stereocenters. The van der Waals surface area contributed by atoms with Crippen molar-refractivity contribution >= 4 is 22.0 Å². The molecule has 4 nitrogen and oxygen atoms in total. The van der Waals surface area contributed by atoms with Crippen LogP contribution in [0.2, 0.25) is 0 Å². The third-order valence-corrected chi connectivity index (χ3v) is 5.38. The number of hydrogen-bond donors (Lipinski definition) is 0. The molecule has 0 aromatic heterocycles. The number of halogens is 1. The Bertz CT molecular complexity index is 750. The topological polar surface area (TPSA) is 38.8 Å². The highest BCUT2D eigenvalue weighted by Gasteiger charge is 2.47. The van der Waals surface area contributed by atoms with E-state index < -0.39 is 0 Å². The molecule has 1 fully saturated rings. The molecule has 24 heavy (non-hydrogen) atoms. The van der Waals surface area contributed by atoms with Crippen molar-refractivity contribution in [2.45, 2.75) is 25.2 Å². The lowest BCUT2D eigenvalue weighted by Crippen LogP contribution is -2.31. The van der Waals surface area contributed by atoms with Crippen LogP contribution in [0.25, 0.3) is 0 Å². The molecule has 2 aliphatic rings. The zero-order valence-electron chi connectivity index (χ0n) is 13.2. The number of ether oxygens (including phenoxy) is 2. The molecule has 1 unspecified atom stereocenters. The van der Waals surface area contributed by atoms with Crippen LogP contribution in [0.5, 0.6) is 0 Å². The van der Waals surface area contributed by atoms with Crippen LogP contribution < -0.4 is 0 Å². The van der Waals surface area contributed by atoms with Gasteiger partial charge < -0.3 is 9.47 Å². The van der Waals surface area contributed by atoms with Crippen molar-refractivity contribution < 1.29 is 14.3 Å². The Balaban J connectivity index is 1.41. The summed E-state index contributed by atoms with van der Waals surface area (Å²) in [6.45, 7) is 1.59. The first-order chi connectivity index (χ1) is 11.7. The fourth-order valence-corrected chi connectivity index (χ4v) is 4.07. The van der Waals surface area contributed by atoms with E-state index in [4.69, 9.17) is 9.47 Å².